The average molecular weight is 253 g/mol. The van der Waals surface area contributed by atoms with E-state index in [2.05, 4.69) is 22.1 Å². The third-order valence-electron chi connectivity index (χ3n) is 1.87. The molecule has 0 spiro atoms. The molecule has 0 radical (unpaired) electrons. The molecule has 0 aliphatic carbocycles. The molecular weight excluding hydrogens is 236 g/mol. The second kappa shape index (κ2) is 5.90. The lowest BCUT2D eigenvalue weighted by Gasteiger charge is -2.09. The van der Waals surface area contributed by atoms with Crippen molar-refractivity contribution in [2.24, 2.45) is 5.41 Å². The fraction of sp³-hybridized carbons (Fsp3) is 0.462. The molecule has 0 atom stereocenters. The van der Waals surface area contributed by atoms with Crippen LogP contribution in [0.4, 0.5) is 5.69 Å². The summed E-state index contributed by atoms with van der Waals surface area (Å²) < 4.78 is 0. The monoisotopic (exact) mass is 252 g/mol. The van der Waals surface area contributed by atoms with Crippen LogP contribution in [0.5, 0.6) is 0 Å². The van der Waals surface area contributed by atoms with Crippen molar-refractivity contribution in [2.45, 2.75) is 20.8 Å². The molecule has 0 saturated carbocycles. The van der Waals surface area contributed by atoms with Gasteiger partial charge < -0.3 is 10.4 Å². The minimum absolute atomic E-state index is 0.0643. The molecule has 0 fully saturated rings. The summed E-state index contributed by atoms with van der Waals surface area (Å²) in [7, 11) is 0. The summed E-state index contributed by atoms with van der Waals surface area (Å²) in [6, 6.07) is 1.72. The zero-order valence-electron chi connectivity index (χ0n) is 10.3. The van der Waals surface area contributed by atoms with Crippen LogP contribution in [-0.4, -0.2) is 23.2 Å². The van der Waals surface area contributed by atoms with Crippen molar-refractivity contribution in [1.29, 1.82) is 0 Å². The molecule has 92 valence electrons. The second-order valence-electron chi connectivity index (χ2n) is 4.70. The van der Waals surface area contributed by atoms with Crippen LogP contribution >= 0.6 is 11.6 Å². The van der Waals surface area contributed by atoms with Gasteiger partial charge in [-0.05, 0) is 26.8 Å². The number of nitrogens with zero attached hydrogens (tertiary/aromatic N) is 1. The molecule has 4 heteroatoms. The highest BCUT2D eigenvalue weighted by atomic mass is 35.5. The van der Waals surface area contributed by atoms with Crippen LogP contribution in [0.25, 0.3) is 0 Å². The Morgan fingerprint density at radius 1 is 1.47 bits per heavy atom. The summed E-state index contributed by atoms with van der Waals surface area (Å²) in [4.78, 5) is 3.99. The smallest absolute Gasteiger partial charge is 0.130 e. The minimum Gasteiger partial charge on any atom is -0.395 e. The molecule has 0 saturated heterocycles. The van der Waals surface area contributed by atoms with E-state index in [4.69, 9.17) is 16.7 Å². The highest BCUT2D eigenvalue weighted by Gasteiger charge is 2.06. The van der Waals surface area contributed by atoms with E-state index < -0.39 is 0 Å². The summed E-state index contributed by atoms with van der Waals surface area (Å²) in [6.45, 7) is 6.67. The SMILES string of the molecule is CC(C)(C)C#Cc1cc(Cl)ncc1NCCO. The summed E-state index contributed by atoms with van der Waals surface area (Å²) in [6.07, 6.45) is 1.63. The van der Waals surface area contributed by atoms with Crippen LogP contribution in [0.15, 0.2) is 12.3 Å². The van der Waals surface area contributed by atoms with Gasteiger partial charge in [-0.25, -0.2) is 4.98 Å². The van der Waals surface area contributed by atoms with Gasteiger partial charge in [0.2, 0.25) is 0 Å². The van der Waals surface area contributed by atoms with E-state index in [1.165, 1.54) is 0 Å². The van der Waals surface area contributed by atoms with Crippen molar-refractivity contribution < 1.29 is 5.11 Å². The summed E-state index contributed by atoms with van der Waals surface area (Å²) in [5, 5.41) is 12.3. The first-order chi connectivity index (χ1) is 7.92. The van der Waals surface area contributed by atoms with Gasteiger partial charge in [0.25, 0.3) is 0 Å². The van der Waals surface area contributed by atoms with Crippen LogP contribution in [0, 0.1) is 17.3 Å². The van der Waals surface area contributed by atoms with Gasteiger partial charge in [-0.1, -0.05) is 23.4 Å². The van der Waals surface area contributed by atoms with Crippen molar-refractivity contribution >= 4 is 17.3 Å². The molecule has 2 N–H and O–H groups in total. The van der Waals surface area contributed by atoms with Gasteiger partial charge in [0.1, 0.15) is 5.15 Å². The first-order valence-corrected chi connectivity index (χ1v) is 5.83. The largest absolute Gasteiger partial charge is 0.395 e. The van der Waals surface area contributed by atoms with Crippen molar-refractivity contribution in [3.8, 4) is 11.8 Å². The van der Waals surface area contributed by atoms with Gasteiger partial charge in [-0.2, -0.15) is 0 Å². The van der Waals surface area contributed by atoms with E-state index in [0.29, 0.717) is 11.7 Å². The highest BCUT2D eigenvalue weighted by Crippen LogP contribution is 2.18. The van der Waals surface area contributed by atoms with Crippen LogP contribution < -0.4 is 5.32 Å². The average Bonchev–Trinajstić information content (AvgIpc) is 2.24. The van der Waals surface area contributed by atoms with Crippen LogP contribution in [0.3, 0.4) is 0 Å². The molecule has 1 aromatic heterocycles. The van der Waals surface area contributed by atoms with E-state index in [1.54, 1.807) is 12.3 Å². The number of nitrogens with one attached hydrogen (secondary N) is 1. The molecule has 0 bridgehead atoms. The van der Waals surface area contributed by atoms with E-state index in [1.807, 2.05) is 20.8 Å². The lowest BCUT2D eigenvalue weighted by Crippen LogP contribution is -2.07. The van der Waals surface area contributed by atoms with E-state index >= 15 is 0 Å². The number of hydrogen-bond acceptors (Lipinski definition) is 3. The lowest BCUT2D eigenvalue weighted by molar-refractivity contribution is 0.311. The quantitative estimate of drug-likeness (QED) is 0.642. The number of anilines is 1. The molecule has 0 amide bonds. The van der Waals surface area contributed by atoms with Gasteiger partial charge in [0.15, 0.2) is 0 Å². The first-order valence-electron chi connectivity index (χ1n) is 5.46. The number of aliphatic hydroxyl groups is 1. The molecule has 1 heterocycles. The molecule has 3 nitrogen and oxygen atoms in total. The Hall–Kier alpha value is -1.24. The minimum atomic E-state index is -0.0655. The summed E-state index contributed by atoms with van der Waals surface area (Å²) >= 11 is 5.84. The van der Waals surface area contributed by atoms with Crippen LogP contribution in [-0.2, 0) is 0 Å². The first kappa shape index (κ1) is 13.8. The molecule has 0 aromatic carbocycles. The van der Waals surface area contributed by atoms with Gasteiger partial charge in [0.05, 0.1) is 24.1 Å². The molecule has 1 rings (SSSR count). The van der Waals surface area contributed by atoms with E-state index in [9.17, 15) is 0 Å². The molecular formula is C13H17ClN2O. The number of aliphatic hydroxyl groups excluding tert-OH is 1. The molecule has 1 aromatic rings. The lowest BCUT2D eigenvalue weighted by atomic mass is 9.97. The number of aromatic nitrogens is 1. The maximum absolute atomic E-state index is 8.79. The third kappa shape index (κ3) is 5.08. The Kier molecular flexibility index (Phi) is 4.80. The zero-order chi connectivity index (χ0) is 12.9. The Morgan fingerprint density at radius 3 is 2.76 bits per heavy atom. The predicted molar refractivity (Wildman–Crippen MR) is 71.2 cm³/mol. The van der Waals surface area contributed by atoms with Gasteiger partial charge in [0, 0.05) is 12.0 Å². The van der Waals surface area contributed by atoms with Crippen LogP contribution in [0.2, 0.25) is 5.15 Å². The van der Waals surface area contributed by atoms with E-state index in [-0.39, 0.29) is 12.0 Å². The fourth-order valence-corrected chi connectivity index (χ4v) is 1.28. The fourth-order valence-electron chi connectivity index (χ4n) is 1.12. The zero-order valence-corrected chi connectivity index (χ0v) is 11.1. The molecule has 17 heavy (non-hydrogen) atoms. The van der Waals surface area contributed by atoms with Crippen molar-refractivity contribution in [2.75, 3.05) is 18.5 Å². The Morgan fingerprint density at radius 2 is 2.18 bits per heavy atom. The number of hydrogen-bond donors (Lipinski definition) is 2. The maximum atomic E-state index is 8.79. The van der Waals surface area contributed by atoms with Crippen molar-refractivity contribution in [1.82, 2.24) is 4.98 Å². The predicted octanol–water partition coefficient (Wildman–Crippen LogP) is 2.54. The standard InChI is InChI=1S/C13H17ClN2O/c1-13(2,3)5-4-10-8-12(14)16-9-11(10)15-6-7-17/h8-9,15,17H,6-7H2,1-3H3. The number of rotatable bonds is 3. The summed E-state index contributed by atoms with van der Waals surface area (Å²) in [5.74, 6) is 6.23. The Labute approximate surface area is 107 Å². The Balaban J connectivity index is 3.01. The topological polar surface area (TPSA) is 45.2 Å². The number of halogens is 1. The molecule has 0 unspecified atom stereocenters. The molecule has 0 aliphatic heterocycles. The van der Waals surface area contributed by atoms with Gasteiger partial charge >= 0.3 is 0 Å². The van der Waals surface area contributed by atoms with E-state index in [0.717, 1.165) is 11.3 Å². The Bertz CT molecular complexity index is 441. The maximum Gasteiger partial charge on any atom is 0.130 e. The van der Waals surface area contributed by atoms with Crippen molar-refractivity contribution in [3.05, 3.63) is 23.0 Å². The third-order valence-corrected chi connectivity index (χ3v) is 2.08. The normalized spacial score (nSPS) is 10.6. The van der Waals surface area contributed by atoms with Gasteiger partial charge in [-0.15, -0.1) is 0 Å². The highest BCUT2D eigenvalue weighted by molar-refractivity contribution is 6.29. The van der Waals surface area contributed by atoms with Gasteiger partial charge in [-0.3, -0.25) is 0 Å². The van der Waals surface area contributed by atoms with Crippen LogP contribution in [0.1, 0.15) is 26.3 Å². The second-order valence-corrected chi connectivity index (χ2v) is 5.09. The summed E-state index contributed by atoms with van der Waals surface area (Å²) in [5.41, 5.74) is 1.53. The molecule has 0 aliphatic rings. The van der Waals surface area contributed by atoms with Crippen molar-refractivity contribution in [3.63, 3.8) is 0 Å². The number of pyridine rings is 1.